The number of benzene rings is 1. The molecule has 0 radical (unpaired) electrons. The molecule has 2 heterocycles. The van der Waals surface area contributed by atoms with E-state index in [1.165, 1.54) is 17.5 Å². The number of halogens is 7. The van der Waals surface area contributed by atoms with E-state index in [1.807, 2.05) is 5.32 Å². The van der Waals surface area contributed by atoms with Gasteiger partial charge in [0.25, 0.3) is 5.91 Å². The van der Waals surface area contributed by atoms with Crippen molar-refractivity contribution in [3.05, 3.63) is 64.4 Å². The lowest BCUT2D eigenvalue weighted by Crippen LogP contribution is -2.54. The molecule has 2 aromatic heterocycles. The number of hydrogen-bond acceptors (Lipinski definition) is 5. The molecule has 42 heavy (non-hydrogen) atoms. The summed E-state index contributed by atoms with van der Waals surface area (Å²) in [5.41, 5.74) is -0.521. The Balaban J connectivity index is 0.000000782. The predicted octanol–water partition coefficient (Wildman–Crippen LogP) is 4.85. The summed E-state index contributed by atoms with van der Waals surface area (Å²) in [5, 5.41) is 24.9. The van der Waals surface area contributed by atoms with Crippen LogP contribution in [0.1, 0.15) is 40.5 Å². The van der Waals surface area contributed by atoms with Gasteiger partial charge in [-0.25, -0.2) is 27.2 Å². The highest BCUT2D eigenvalue weighted by atomic mass is 19.4. The molecule has 0 fully saturated rings. The van der Waals surface area contributed by atoms with E-state index in [0.717, 1.165) is 12.1 Å². The number of aromatic nitrogens is 2. The summed E-state index contributed by atoms with van der Waals surface area (Å²) in [6.07, 6.45) is -10.2. The fourth-order valence-corrected chi connectivity index (χ4v) is 3.69. The summed E-state index contributed by atoms with van der Waals surface area (Å²) in [6.45, 7) is 3.70. The van der Waals surface area contributed by atoms with Crippen LogP contribution in [-0.2, 0) is 11.4 Å². The number of hydrogen-bond donors (Lipinski definition) is 4. The lowest BCUT2D eigenvalue weighted by molar-refractivity contribution is -0.192. The second-order valence-electron chi connectivity index (χ2n) is 9.19. The van der Waals surface area contributed by atoms with Gasteiger partial charge >= 0.3 is 18.2 Å². The molecule has 0 aliphatic carbocycles. The second-order valence-corrected chi connectivity index (χ2v) is 9.19. The van der Waals surface area contributed by atoms with E-state index in [0.29, 0.717) is 11.1 Å². The maximum Gasteiger partial charge on any atom is 0.490 e. The number of carbonyl (C=O) groups excluding carboxylic acids is 1. The maximum absolute atomic E-state index is 14.0. The third-order valence-electron chi connectivity index (χ3n) is 5.57. The van der Waals surface area contributed by atoms with Gasteiger partial charge in [0.15, 0.2) is 0 Å². The summed E-state index contributed by atoms with van der Waals surface area (Å²) in [4.78, 5) is 32.9. The lowest BCUT2D eigenvalue weighted by atomic mass is 9.98. The number of fused-ring (bicyclic) bond motifs is 1. The molecule has 0 aliphatic rings. The largest absolute Gasteiger partial charge is 0.490 e. The Bertz CT molecular complexity index is 1440. The van der Waals surface area contributed by atoms with Crippen LogP contribution in [0.4, 0.5) is 35.5 Å². The molecule has 0 bridgehead atoms. The molecular formula is C25H25F7N4O6. The number of nitrogens with zero attached hydrogens (tertiary/aromatic N) is 2. The highest BCUT2D eigenvalue weighted by Gasteiger charge is 2.38. The van der Waals surface area contributed by atoms with E-state index in [9.17, 15) is 40.3 Å². The first kappa shape index (κ1) is 33.6. The van der Waals surface area contributed by atoms with Crippen LogP contribution in [0.25, 0.3) is 5.52 Å². The highest BCUT2D eigenvalue weighted by Crippen LogP contribution is 2.25. The average Bonchev–Trinajstić information content (AvgIpc) is 3.16. The summed E-state index contributed by atoms with van der Waals surface area (Å²) in [6, 6.07) is 6.67. The first-order chi connectivity index (χ1) is 19.3. The minimum Gasteiger partial charge on any atom is -0.475 e. The van der Waals surface area contributed by atoms with Crippen molar-refractivity contribution < 1.29 is 60.1 Å². The van der Waals surface area contributed by atoms with Crippen LogP contribution in [-0.4, -0.2) is 62.5 Å². The van der Waals surface area contributed by atoms with Crippen molar-refractivity contribution in [2.75, 3.05) is 6.54 Å². The number of aryl methyl sites for hydroxylation is 2. The molecule has 1 aromatic carbocycles. The zero-order chi connectivity index (χ0) is 32.0. The molecule has 10 nitrogen and oxygen atoms in total. The van der Waals surface area contributed by atoms with Crippen molar-refractivity contribution in [3.63, 3.8) is 0 Å². The Kier molecular flexibility index (Phi) is 10.7. The SMILES string of the molecule is Cc1cc(OCc2c(F)cccc2F)n2nc(C)c(C(=O)NCC(C)(CC(F)F)NC(=O)O)c2c1.O=C(O)C(F)(F)F. The average molecular weight is 610 g/mol. The number of rotatable bonds is 9. The van der Waals surface area contributed by atoms with Crippen LogP contribution in [0.3, 0.4) is 0 Å². The Morgan fingerprint density at radius 3 is 2.14 bits per heavy atom. The van der Waals surface area contributed by atoms with Crippen LogP contribution in [0, 0.1) is 25.5 Å². The maximum atomic E-state index is 14.0. The normalized spacial score (nSPS) is 12.7. The number of carboxylic acid groups (broad SMARTS) is 2. The van der Waals surface area contributed by atoms with Gasteiger partial charge in [0.05, 0.1) is 27.9 Å². The van der Waals surface area contributed by atoms with Gasteiger partial charge in [-0.3, -0.25) is 4.79 Å². The minimum atomic E-state index is -5.08. The van der Waals surface area contributed by atoms with E-state index in [4.69, 9.17) is 19.7 Å². The topological polar surface area (TPSA) is 142 Å². The smallest absolute Gasteiger partial charge is 0.475 e. The van der Waals surface area contributed by atoms with Gasteiger partial charge < -0.3 is 25.6 Å². The van der Waals surface area contributed by atoms with Crippen LogP contribution in [0.5, 0.6) is 5.88 Å². The fraction of sp³-hybridized carbons (Fsp3) is 0.360. The number of amides is 2. The first-order valence-electron chi connectivity index (χ1n) is 11.8. The summed E-state index contributed by atoms with van der Waals surface area (Å²) < 4.78 is 92.5. The number of alkyl halides is 5. The third-order valence-corrected chi connectivity index (χ3v) is 5.57. The van der Waals surface area contributed by atoms with Crippen molar-refractivity contribution in [2.45, 2.75) is 51.9 Å². The summed E-state index contributed by atoms with van der Waals surface area (Å²) in [5.74, 6) is -4.84. The highest BCUT2D eigenvalue weighted by molar-refractivity contribution is 6.02. The van der Waals surface area contributed by atoms with E-state index in [1.54, 1.807) is 26.0 Å². The number of nitrogens with one attached hydrogen (secondary N) is 2. The van der Waals surface area contributed by atoms with Gasteiger partial charge in [0.2, 0.25) is 12.3 Å². The number of carboxylic acids is 1. The Morgan fingerprint density at radius 2 is 1.64 bits per heavy atom. The molecule has 0 saturated heterocycles. The van der Waals surface area contributed by atoms with Crippen molar-refractivity contribution in [3.8, 4) is 5.88 Å². The van der Waals surface area contributed by atoms with E-state index < -0.39 is 67.3 Å². The number of ether oxygens (including phenoxy) is 1. The number of carbonyl (C=O) groups is 3. The van der Waals surface area contributed by atoms with Crippen molar-refractivity contribution in [1.29, 1.82) is 0 Å². The summed E-state index contributed by atoms with van der Waals surface area (Å²) in [7, 11) is 0. The molecule has 3 rings (SSSR count). The molecule has 230 valence electrons. The molecule has 1 unspecified atom stereocenters. The van der Waals surface area contributed by atoms with E-state index >= 15 is 0 Å². The van der Waals surface area contributed by atoms with Gasteiger partial charge in [-0.05, 0) is 44.5 Å². The van der Waals surface area contributed by atoms with Crippen LogP contribution < -0.4 is 15.4 Å². The number of pyridine rings is 1. The Morgan fingerprint density at radius 1 is 1.07 bits per heavy atom. The minimum absolute atomic E-state index is 0.116. The third kappa shape index (κ3) is 8.97. The lowest BCUT2D eigenvalue weighted by Gasteiger charge is -2.29. The van der Waals surface area contributed by atoms with Crippen LogP contribution in [0.15, 0.2) is 30.3 Å². The Labute approximate surface area is 233 Å². The van der Waals surface area contributed by atoms with Crippen LogP contribution in [0.2, 0.25) is 0 Å². The molecule has 1 atom stereocenters. The second kappa shape index (κ2) is 13.4. The van der Waals surface area contributed by atoms with Crippen molar-refractivity contribution in [2.24, 2.45) is 0 Å². The fourth-order valence-electron chi connectivity index (χ4n) is 3.69. The monoisotopic (exact) mass is 610 g/mol. The molecular weight excluding hydrogens is 585 g/mol. The van der Waals surface area contributed by atoms with Gasteiger partial charge in [0.1, 0.15) is 18.2 Å². The molecule has 0 aliphatic heterocycles. The van der Waals surface area contributed by atoms with Crippen molar-refractivity contribution in [1.82, 2.24) is 20.2 Å². The van der Waals surface area contributed by atoms with Gasteiger partial charge in [-0.2, -0.15) is 22.8 Å². The van der Waals surface area contributed by atoms with Crippen molar-refractivity contribution >= 4 is 23.5 Å². The van der Waals surface area contributed by atoms with Crippen LogP contribution >= 0.6 is 0 Å². The molecule has 4 N–H and O–H groups in total. The Hall–Kier alpha value is -4.57. The van der Waals surface area contributed by atoms with E-state index in [2.05, 4.69) is 10.4 Å². The predicted molar refractivity (Wildman–Crippen MR) is 132 cm³/mol. The van der Waals surface area contributed by atoms with Gasteiger partial charge in [0, 0.05) is 19.0 Å². The number of aliphatic carboxylic acids is 1. The molecule has 0 spiro atoms. The van der Waals surface area contributed by atoms with Gasteiger partial charge in [-0.1, -0.05) is 6.07 Å². The summed E-state index contributed by atoms with van der Waals surface area (Å²) >= 11 is 0. The zero-order valence-electron chi connectivity index (χ0n) is 22.2. The quantitative estimate of drug-likeness (QED) is 0.254. The standard InChI is InChI=1S/C23H24F4N4O4.C2HF3O2/c1-12-7-17-20(21(32)28-11-23(3,9-18(26)27)29-22(33)34)13(2)30-31(17)19(8-12)35-10-14-15(24)5-4-6-16(14)25;3-2(4,5)1(6)7/h4-8,18,29H,9-11H2,1-3H3,(H,28,32)(H,33,34);(H,6,7). The molecule has 0 saturated carbocycles. The molecule has 17 heteroatoms. The molecule has 3 aromatic rings. The first-order valence-corrected chi connectivity index (χ1v) is 11.8. The zero-order valence-corrected chi connectivity index (χ0v) is 22.2. The molecule has 2 amide bonds. The van der Waals surface area contributed by atoms with Gasteiger partial charge in [-0.15, -0.1) is 0 Å². The van der Waals surface area contributed by atoms with E-state index in [-0.39, 0.29) is 22.7 Å².